The summed E-state index contributed by atoms with van der Waals surface area (Å²) in [6.07, 6.45) is 1.34. The van der Waals surface area contributed by atoms with Crippen LogP contribution in [-0.2, 0) is 6.42 Å². The second-order valence-electron chi connectivity index (χ2n) is 6.85. The van der Waals surface area contributed by atoms with Gasteiger partial charge in [-0.25, -0.2) is 4.68 Å². The van der Waals surface area contributed by atoms with Crippen LogP contribution < -0.4 is 10.1 Å². The maximum absolute atomic E-state index is 12.8. The summed E-state index contributed by atoms with van der Waals surface area (Å²) < 4.78 is 7.09. The largest absolute Gasteiger partial charge is 0.497 e. The van der Waals surface area contributed by atoms with E-state index in [1.165, 1.54) is 0 Å². The van der Waals surface area contributed by atoms with Crippen molar-refractivity contribution >= 4 is 28.9 Å². The highest BCUT2D eigenvalue weighted by molar-refractivity contribution is 6.30. The van der Waals surface area contributed by atoms with E-state index in [-0.39, 0.29) is 11.7 Å². The molecule has 0 aliphatic heterocycles. The second kappa shape index (κ2) is 7.08. The van der Waals surface area contributed by atoms with Gasteiger partial charge in [-0.1, -0.05) is 24.6 Å². The molecule has 1 atom stereocenters. The number of aromatic nitrogens is 2. The number of carbonyl (C=O) groups excluding carboxylic acids is 1. The number of nitrogens with zero attached hydrogens (tertiary/aromatic N) is 2. The topological polar surface area (TPSA) is 56.1 Å². The van der Waals surface area contributed by atoms with Crippen LogP contribution in [0.15, 0.2) is 48.5 Å². The van der Waals surface area contributed by atoms with E-state index in [2.05, 4.69) is 12.2 Å². The van der Waals surface area contributed by atoms with Gasteiger partial charge >= 0.3 is 0 Å². The molecule has 0 unspecified atom stereocenters. The lowest BCUT2D eigenvalue weighted by Gasteiger charge is -2.19. The van der Waals surface area contributed by atoms with Crippen LogP contribution in [0.25, 0.3) is 5.69 Å². The molecule has 1 N–H and O–H groups in total. The van der Waals surface area contributed by atoms with E-state index < -0.39 is 0 Å². The van der Waals surface area contributed by atoms with Gasteiger partial charge in [-0.15, -0.1) is 5.10 Å². The number of nitrogens with one attached hydrogen (secondary N) is 1. The smallest absolute Gasteiger partial charge is 0.168 e. The Morgan fingerprint density at radius 2 is 1.96 bits per heavy atom. The molecule has 0 fully saturated rings. The number of fused-ring (bicyclic) bond motifs is 1. The van der Waals surface area contributed by atoms with E-state index in [0.29, 0.717) is 22.8 Å². The van der Waals surface area contributed by atoms with Crippen LogP contribution in [0, 0.1) is 5.92 Å². The minimum atomic E-state index is 0.119. The molecule has 4 rings (SSSR count). The molecular weight excluding hydrogens is 362 g/mol. The molecule has 2 aromatic carbocycles. The SMILES string of the molecule is COc1ccc(-n2nc(Nc3cccc(Cl)c3)c3c2C[C@H](C)CC3=O)cc1. The van der Waals surface area contributed by atoms with E-state index in [4.69, 9.17) is 21.4 Å². The highest BCUT2D eigenvalue weighted by Gasteiger charge is 2.31. The number of carbonyl (C=O) groups is 1. The zero-order chi connectivity index (χ0) is 19.0. The van der Waals surface area contributed by atoms with Crippen LogP contribution in [0.2, 0.25) is 5.02 Å². The van der Waals surface area contributed by atoms with Crippen molar-refractivity contribution in [2.24, 2.45) is 5.92 Å². The number of anilines is 2. The maximum atomic E-state index is 12.8. The molecule has 0 bridgehead atoms. The fraction of sp³-hybridized carbons (Fsp3) is 0.238. The molecule has 1 aliphatic rings. The third kappa shape index (κ3) is 3.43. The van der Waals surface area contributed by atoms with Crippen LogP contribution in [-0.4, -0.2) is 22.7 Å². The molecule has 27 heavy (non-hydrogen) atoms. The predicted octanol–water partition coefficient (Wildman–Crippen LogP) is 5.04. The number of ether oxygens (including phenoxy) is 1. The summed E-state index contributed by atoms with van der Waals surface area (Å²) in [5.74, 6) is 1.76. The van der Waals surface area contributed by atoms with Crippen LogP contribution >= 0.6 is 11.6 Å². The van der Waals surface area contributed by atoms with Gasteiger partial charge in [0.1, 0.15) is 5.75 Å². The Balaban J connectivity index is 1.81. The molecule has 0 spiro atoms. The van der Waals surface area contributed by atoms with E-state index >= 15 is 0 Å². The first-order valence-corrected chi connectivity index (χ1v) is 9.25. The summed E-state index contributed by atoms with van der Waals surface area (Å²) in [5.41, 5.74) is 3.31. The Morgan fingerprint density at radius 3 is 2.67 bits per heavy atom. The number of ketones is 1. The van der Waals surface area contributed by atoms with Crippen LogP contribution in [0.3, 0.4) is 0 Å². The van der Waals surface area contributed by atoms with E-state index in [0.717, 1.165) is 29.2 Å². The van der Waals surface area contributed by atoms with Gasteiger partial charge in [0.05, 0.1) is 24.1 Å². The van der Waals surface area contributed by atoms with Gasteiger partial charge in [0.25, 0.3) is 0 Å². The Hall–Kier alpha value is -2.79. The molecule has 6 heteroatoms. The Bertz CT molecular complexity index is 995. The molecule has 0 saturated heterocycles. The summed E-state index contributed by atoms with van der Waals surface area (Å²) in [6.45, 7) is 2.09. The van der Waals surface area contributed by atoms with E-state index in [9.17, 15) is 4.79 Å². The van der Waals surface area contributed by atoms with Crippen molar-refractivity contribution in [2.75, 3.05) is 12.4 Å². The maximum Gasteiger partial charge on any atom is 0.168 e. The van der Waals surface area contributed by atoms with Gasteiger partial charge in [-0.3, -0.25) is 4.79 Å². The molecular formula is C21H20ClN3O2. The first-order valence-electron chi connectivity index (χ1n) is 8.87. The van der Waals surface area contributed by atoms with Gasteiger partial charge in [0, 0.05) is 17.1 Å². The standard InChI is InChI=1S/C21H20ClN3O2/c1-13-10-18-20(19(26)11-13)21(23-15-5-3-4-14(22)12-15)24-25(18)16-6-8-17(27-2)9-7-16/h3-9,12-13H,10-11H2,1-2H3,(H,23,24)/t13-/m0/s1. The molecule has 3 aromatic rings. The normalized spacial score (nSPS) is 16.1. The van der Waals surface area contributed by atoms with E-state index in [1.54, 1.807) is 7.11 Å². The average molecular weight is 382 g/mol. The molecule has 0 radical (unpaired) electrons. The third-order valence-electron chi connectivity index (χ3n) is 4.74. The summed E-state index contributed by atoms with van der Waals surface area (Å²) in [4.78, 5) is 12.8. The second-order valence-corrected chi connectivity index (χ2v) is 7.29. The Morgan fingerprint density at radius 1 is 1.19 bits per heavy atom. The first kappa shape index (κ1) is 17.6. The van der Waals surface area contributed by atoms with Crippen molar-refractivity contribution in [3.05, 3.63) is 64.8 Å². The number of hydrogen-bond acceptors (Lipinski definition) is 4. The van der Waals surface area contributed by atoms with Crippen LogP contribution in [0.1, 0.15) is 29.4 Å². The van der Waals surface area contributed by atoms with Gasteiger partial charge in [0.2, 0.25) is 0 Å². The molecule has 1 aromatic heterocycles. The minimum absolute atomic E-state index is 0.119. The minimum Gasteiger partial charge on any atom is -0.497 e. The number of rotatable bonds is 4. The van der Waals surface area contributed by atoms with Crippen molar-refractivity contribution < 1.29 is 9.53 Å². The van der Waals surface area contributed by atoms with Gasteiger partial charge < -0.3 is 10.1 Å². The fourth-order valence-electron chi connectivity index (χ4n) is 3.48. The summed E-state index contributed by atoms with van der Waals surface area (Å²) in [7, 11) is 1.64. The number of halogens is 1. The van der Waals surface area contributed by atoms with Gasteiger partial charge in [-0.05, 0) is 54.8 Å². The fourth-order valence-corrected chi connectivity index (χ4v) is 3.67. The highest BCUT2D eigenvalue weighted by Crippen LogP contribution is 2.34. The number of Topliss-reactive ketones (excluding diaryl/α,β-unsaturated/α-hetero) is 1. The number of hydrogen-bond donors (Lipinski definition) is 1. The lowest BCUT2D eigenvalue weighted by molar-refractivity contribution is 0.0953. The summed E-state index contributed by atoms with van der Waals surface area (Å²) in [6, 6.07) is 15.1. The zero-order valence-corrected chi connectivity index (χ0v) is 16.0. The van der Waals surface area contributed by atoms with E-state index in [1.807, 2.05) is 53.2 Å². The monoisotopic (exact) mass is 381 g/mol. The number of methoxy groups -OCH3 is 1. The van der Waals surface area contributed by atoms with Crippen LogP contribution in [0.5, 0.6) is 5.75 Å². The lowest BCUT2D eigenvalue weighted by atomic mass is 9.87. The molecule has 1 aliphatic carbocycles. The number of benzene rings is 2. The van der Waals surface area contributed by atoms with Gasteiger partial charge in [-0.2, -0.15) is 0 Å². The molecule has 138 valence electrons. The molecule has 0 amide bonds. The Kier molecular flexibility index (Phi) is 4.62. The average Bonchev–Trinajstić information content (AvgIpc) is 3.00. The lowest BCUT2D eigenvalue weighted by Crippen LogP contribution is -2.19. The van der Waals surface area contributed by atoms with Gasteiger partial charge in [0.15, 0.2) is 11.6 Å². The summed E-state index contributed by atoms with van der Waals surface area (Å²) >= 11 is 6.09. The summed E-state index contributed by atoms with van der Waals surface area (Å²) in [5, 5.41) is 8.63. The zero-order valence-electron chi connectivity index (χ0n) is 15.2. The van der Waals surface area contributed by atoms with Crippen molar-refractivity contribution in [1.82, 2.24) is 9.78 Å². The Labute approximate surface area is 162 Å². The van der Waals surface area contributed by atoms with Crippen molar-refractivity contribution in [2.45, 2.75) is 19.8 Å². The first-order chi connectivity index (χ1) is 13.0. The van der Waals surface area contributed by atoms with Crippen molar-refractivity contribution in [1.29, 1.82) is 0 Å². The van der Waals surface area contributed by atoms with Crippen molar-refractivity contribution in [3.8, 4) is 11.4 Å². The highest BCUT2D eigenvalue weighted by atomic mass is 35.5. The van der Waals surface area contributed by atoms with Crippen molar-refractivity contribution in [3.63, 3.8) is 0 Å². The van der Waals surface area contributed by atoms with Crippen LogP contribution in [0.4, 0.5) is 11.5 Å². The quantitative estimate of drug-likeness (QED) is 0.687. The molecule has 1 heterocycles. The molecule has 0 saturated carbocycles. The molecule has 5 nitrogen and oxygen atoms in total. The predicted molar refractivity (Wildman–Crippen MR) is 107 cm³/mol. The third-order valence-corrected chi connectivity index (χ3v) is 4.98.